The van der Waals surface area contributed by atoms with Gasteiger partial charge in [0.1, 0.15) is 5.75 Å². The molecule has 2 nitrogen and oxygen atoms in total. The molecule has 1 fully saturated rings. The lowest BCUT2D eigenvalue weighted by Gasteiger charge is -2.23. The Labute approximate surface area is 122 Å². The van der Waals surface area contributed by atoms with Crippen molar-refractivity contribution in [2.24, 2.45) is 5.92 Å². The first-order chi connectivity index (χ1) is 9.83. The van der Waals surface area contributed by atoms with E-state index in [1.165, 1.54) is 43.2 Å². The summed E-state index contributed by atoms with van der Waals surface area (Å²) in [6, 6.07) is 7.43. The van der Waals surface area contributed by atoms with E-state index in [1.807, 2.05) is 0 Å². The van der Waals surface area contributed by atoms with Crippen LogP contribution in [0, 0.1) is 5.92 Å². The van der Waals surface area contributed by atoms with Crippen LogP contribution in [0.4, 0.5) is 0 Å². The van der Waals surface area contributed by atoms with Gasteiger partial charge in [-0.15, -0.1) is 0 Å². The van der Waals surface area contributed by atoms with Crippen molar-refractivity contribution >= 4 is 0 Å². The molecule has 1 aromatic carbocycles. The van der Waals surface area contributed by atoms with E-state index in [0.29, 0.717) is 0 Å². The molecule has 0 radical (unpaired) electrons. The Morgan fingerprint density at radius 2 is 2.10 bits per heavy atom. The van der Waals surface area contributed by atoms with E-state index in [1.54, 1.807) is 0 Å². The van der Waals surface area contributed by atoms with Crippen molar-refractivity contribution in [3.05, 3.63) is 29.3 Å². The lowest BCUT2D eigenvalue weighted by molar-refractivity contribution is 0.356. The molecule has 0 spiro atoms. The third kappa shape index (κ3) is 3.35. The number of rotatable bonds is 4. The molecule has 2 heteroatoms. The van der Waals surface area contributed by atoms with E-state index in [2.05, 4.69) is 30.4 Å². The Bertz CT molecular complexity index is 443. The first-order valence-electron chi connectivity index (χ1n) is 8.31. The second-order valence-electron chi connectivity index (χ2n) is 6.47. The summed E-state index contributed by atoms with van der Waals surface area (Å²) in [7, 11) is 0. The molecule has 1 aromatic rings. The molecular weight excluding hydrogens is 246 g/mol. The minimum absolute atomic E-state index is 0.732. The normalized spacial score (nSPS) is 25.9. The lowest BCUT2D eigenvalue weighted by atomic mass is 9.96. The second kappa shape index (κ2) is 6.62. The van der Waals surface area contributed by atoms with Gasteiger partial charge in [0.25, 0.3) is 0 Å². The summed E-state index contributed by atoms with van der Waals surface area (Å²) < 4.78 is 5.57. The van der Waals surface area contributed by atoms with Crippen molar-refractivity contribution in [1.82, 2.24) is 5.32 Å². The van der Waals surface area contributed by atoms with Crippen molar-refractivity contribution in [2.45, 2.75) is 57.9 Å². The van der Waals surface area contributed by atoms with Crippen LogP contribution >= 0.6 is 0 Å². The van der Waals surface area contributed by atoms with E-state index >= 15 is 0 Å². The van der Waals surface area contributed by atoms with Crippen LogP contribution in [0.25, 0.3) is 0 Å². The first kappa shape index (κ1) is 13.9. The molecule has 0 amide bonds. The van der Waals surface area contributed by atoms with Gasteiger partial charge < -0.3 is 10.1 Å². The maximum absolute atomic E-state index is 5.57. The Kier molecular flexibility index (Phi) is 4.62. The summed E-state index contributed by atoms with van der Waals surface area (Å²) >= 11 is 0. The van der Waals surface area contributed by atoms with Crippen LogP contribution in [-0.4, -0.2) is 19.2 Å². The van der Waals surface area contributed by atoms with E-state index in [4.69, 9.17) is 4.74 Å². The van der Waals surface area contributed by atoms with Gasteiger partial charge >= 0.3 is 0 Å². The fourth-order valence-electron chi connectivity index (χ4n) is 3.59. The average Bonchev–Trinajstić information content (AvgIpc) is 2.83. The molecule has 2 unspecified atom stereocenters. The SMILES string of the molecule is CC1CCCCCC1NCCc1ccc2c(c1)CCO2. The molecule has 0 aromatic heterocycles. The van der Waals surface area contributed by atoms with Crippen LogP contribution in [-0.2, 0) is 12.8 Å². The number of hydrogen-bond donors (Lipinski definition) is 1. The monoisotopic (exact) mass is 273 g/mol. The maximum atomic E-state index is 5.57. The summed E-state index contributed by atoms with van der Waals surface area (Å²) in [5, 5.41) is 3.80. The number of benzene rings is 1. The molecule has 2 aliphatic rings. The fraction of sp³-hybridized carbons (Fsp3) is 0.667. The molecule has 0 saturated heterocycles. The van der Waals surface area contributed by atoms with Crippen molar-refractivity contribution in [2.75, 3.05) is 13.2 Å². The highest BCUT2D eigenvalue weighted by Gasteiger charge is 2.19. The lowest BCUT2D eigenvalue weighted by Crippen LogP contribution is -2.35. The number of hydrogen-bond acceptors (Lipinski definition) is 2. The summed E-state index contributed by atoms with van der Waals surface area (Å²) in [5.74, 6) is 1.94. The third-order valence-electron chi connectivity index (χ3n) is 4.94. The smallest absolute Gasteiger partial charge is 0.122 e. The molecule has 1 N–H and O–H groups in total. The highest BCUT2D eigenvalue weighted by Crippen LogP contribution is 2.26. The Balaban J connectivity index is 1.49. The average molecular weight is 273 g/mol. The third-order valence-corrected chi connectivity index (χ3v) is 4.94. The molecule has 20 heavy (non-hydrogen) atoms. The van der Waals surface area contributed by atoms with E-state index < -0.39 is 0 Å². The molecule has 1 heterocycles. The molecular formula is C18H27NO. The zero-order chi connectivity index (χ0) is 13.8. The van der Waals surface area contributed by atoms with Crippen LogP contribution in [0.15, 0.2) is 18.2 Å². The zero-order valence-corrected chi connectivity index (χ0v) is 12.7. The molecule has 2 atom stereocenters. The van der Waals surface area contributed by atoms with Crippen molar-refractivity contribution < 1.29 is 4.74 Å². The Hall–Kier alpha value is -1.02. The predicted molar refractivity (Wildman–Crippen MR) is 83.4 cm³/mol. The van der Waals surface area contributed by atoms with E-state index in [-0.39, 0.29) is 0 Å². The van der Waals surface area contributed by atoms with Gasteiger partial charge in [0.05, 0.1) is 6.61 Å². The molecule has 3 rings (SSSR count). The van der Waals surface area contributed by atoms with Gasteiger partial charge in [0.2, 0.25) is 0 Å². The minimum atomic E-state index is 0.732. The van der Waals surface area contributed by atoms with E-state index in [0.717, 1.165) is 43.7 Å². The quantitative estimate of drug-likeness (QED) is 0.844. The van der Waals surface area contributed by atoms with Crippen molar-refractivity contribution in [3.8, 4) is 5.75 Å². The second-order valence-corrected chi connectivity index (χ2v) is 6.47. The largest absolute Gasteiger partial charge is 0.493 e. The minimum Gasteiger partial charge on any atom is -0.493 e. The van der Waals surface area contributed by atoms with Crippen LogP contribution in [0.5, 0.6) is 5.75 Å². The molecule has 1 aliphatic heterocycles. The summed E-state index contributed by atoms with van der Waals surface area (Å²) in [5.41, 5.74) is 2.84. The van der Waals surface area contributed by atoms with Crippen molar-refractivity contribution in [1.29, 1.82) is 0 Å². The van der Waals surface area contributed by atoms with E-state index in [9.17, 15) is 0 Å². The molecule has 1 saturated carbocycles. The maximum Gasteiger partial charge on any atom is 0.122 e. The Morgan fingerprint density at radius 1 is 1.20 bits per heavy atom. The van der Waals surface area contributed by atoms with Crippen molar-refractivity contribution in [3.63, 3.8) is 0 Å². The van der Waals surface area contributed by atoms with Crippen LogP contribution in [0.2, 0.25) is 0 Å². The zero-order valence-electron chi connectivity index (χ0n) is 12.7. The van der Waals surface area contributed by atoms with Crippen LogP contribution in [0.3, 0.4) is 0 Å². The summed E-state index contributed by atoms with van der Waals surface area (Å²) in [6.45, 7) is 4.38. The van der Waals surface area contributed by atoms with Gasteiger partial charge in [-0.2, -0.15) is 0 Å². The highest BCUT2D eigenvalue weighted by atomic mass is 16.5. The number of ether oxygens (including phenoxy) is 1. The summed E-state index contributed by atoms with van der Waals surface area (Å²) in [6.07, 6.45) is 9.22. The number of fused-ring (bicyclic) bond motifs is 1. The first-order valence-corrected chi connectivity index (χ1v) is 8.31. The molecule has 1 aliphatic carbocycles. The summed E-state index contributed by atoms with van der Waals surface area (Å²) in [4.78, 5) is 0. The van der Waals surface area contributed by atoms with Gasteiger partial charge in [0.15, 0.2) is 0 Å². The van der Waals surface area contributed by atoms with Crippen LogP contribution < -0.4 is 10.1 Å². The highest BCUT2D eigenvalue weighted by molar-refractivity contribution is 5.39. The Morgan fingerprint density at radius 3 is 3.05 bits per heavy atom. The predicted octanol–water partition coefficient (Wildman–Crippen LogP) is 3.72. The van der Waals surface area contributed by atoms with Crippen LogP contribution in [0.1, 0.15) is 50.2 Å². The standard InChI is InChI=1S/C18H27NO/c1-14-5-3-2-4-6-17(14)19-11-9-15-7-8-18-16(13-15)10-12-20-18/h7-8,13-14,17,19H,2-6,9-12H2,1H3. The van der Waals surface area contributed by atoms with Gasteiger partial charge in [0, 0.05) is 12.5 Å². The van der Waals surface area contributed by atoms with Gasteiger partial charge in [-0.05, 0) is 48.9 Å². The van der Waals surface area contributed by atoms with Gasteiger partial charge in [-0.25, -0.2) is 0 Å². The molecule has 0 bridgehead atoms. The topological polar surface area (TPSA) is 21.3 Å². The number of nitrogens with one attached hydrogen (secondary N) is 1. The fourth-order valence-corrected chi connectivity index (χ4v) is 3.59. The van der Waals surface area contributed by atoms with Gasteiger partial charge in [-0.3, -0.25) is 0 Å². The van der Waals surface area contributed by atoms with Gasteiger partial charge in [-0.1, -0.05) is 38.3 Å². The molecule has 110 valence electrons.